The molecule has 1 unspecified atom stereocenters. The van der Waals surface area contributed by atoms with Gasteiger partial charge in [0, 0.05) is 31.6 Å². The maximum atomic E-state index is 12.3. The molecule has 0 aromatic heterocycles. The van der Waals surface area contributed by atoms with Gasteiger partial charge in [-0.2, -0.15) is 0 Å². The summed E-state index contributed by atoms with van der Waals surface area (Å²) in [6, 6.07) is 7.36. The Kier molecular flexibility index (Phi) is 6.02. The lowest BCUT2D eigenvalue weighted by Gasteiger charge is -2.33. The van der Waals surface area contributed by atoms with Crippen LogP contribution in [0.25, 0.3) is 0 Å². The Balaban J connectivity index is 1.92. The highest BCUT2D eigenvalue weighted by molar-refractivity contribution is 7.88. The number of hydrogen-bond acceptors (Lipinski definition) is 4. The third-order valence-corrected chi connectivity index (χ3v) is 5.43. The third-order valence-electron chi connectivity index (χ3n) is 3.87. The summed E-state index contributed by atoms with van der Waals surface area (Å²) in [6.45, 7) is 1.62. The van der Waals surface area contributed by atoms with Gasteiger partial charge in [0.2, 0.25) is 15.9 Å². The van der Waals surface area contributed by atoms with E-state index in [-0.39, 0.29) is 25.0 Å². The largest absolute Gasteiger partial charge is 0.370 e. The second-order valence-electron chi connectivity index (χ2n) is 5.59. The molecule has 2 rings (SSSR count). The van der Waals surface area contributed by atoms with E-state index < -0.39 is 10.0 Å². The second-order valence-corrected chi connectivity index (χ2v) is 8.11. The van der Waals surface area contributed by atoms with Crippen LogP contribution in [0.2, 0.25) is 5.02 Å². The first-order chi connectivity index (χ1) is 10.8. The van der Waals surface area contributed by atoms with E-state index in [0.717, 1.165) is 11.8 Å². The number of ether oxygens (including phenoxy) is 1. The minimum atomic E-state index is -3.26. The first-order valence-corrected chi connectivity index (χ1v) is 9.56. The second kappa shape index (κ2) is 7.61. The van der Waals surface area contributed by atoms with E-state index >= 15 is 0 Å². The maximum Gasteiger partial charge on any atom is 0.224 e. The number of halogens is 1. The maximum absolute atomic E-state index is 12.3. The van der Waals surface area contributed by atoms with Gasteiger partial charge in [0.15, 0.2) is 0 Å². The van der Waals surface area contributed by atoms with Crippen molar-refractivity contribution in [2.75, 3.05) is 39.5 Å². The average Bonchev–Trinajstić information content (AvgIpc) is 2.52. The molecular formula is C15H21ClN2O4S. The number of carbonyl (C=O) groups excluding carboxylic acids is 1. The van der Waals surface area contributed by atoms with E-state index in [1.807, 2.05) is 12.1 Å². The van der Waals surface area contributed by atoms with Gasteiger partial charge in [0.1, 0.15) is 6.10 Å². The lowest BCUT2D eigenvalue weighted by Crippen LogP contribution is -2.43. The van der Waals surface area contributed by atoms with E-state index in [1.54, 1.807) is 17.0 Å². The van der Waals surface area contributed by atoms with Crippen LogP contribution in [-0.4, -0.2) is 63.1 Å². The molecule has 1 saturated heterocycles. The highest BCUT2D eigenvalue weighted by Crippen LogP contribution is 2.24. The minimum absolute atomic E-state index is 0.0669. The molecule has 6 nitrogen and oxygen atoms in total. The predicted molar refractivity (Wildman–Crippen MR) is 88.8 cm³/mol. The van der Waals surface area contributed by atoms with Crippen molar-refractivity contribution in [3.63, 3.8) is 0 Å². The van der Waals surface area contributed by atoms with Gasteiger partial charge in [-0.25, -0.2) is 12.7 Å². The molecule has 1 fully saturated rings. The zero-order valence-electron chi connectivity index (χ0n) is 13.2. The number of carbonyl (C=O) groups is 1. The smallest absolute Gasteiger partial charge is 0.224 e. The van der Waals surface area contributed by atoms with E-state index in [9.17, 15) is 13.2 Å². The fraction of sp³-hybridized carbons (Fsp3) is 0.533. The highest BCUT2D eigenvalue weighted by atomic mass is 35.5. The molecule has 1 atom stereocenters. The van der Waals surface area contributed by atoms with Gasteiger partial charge >= 0.3 is 0 Å². The Hall–Kier alpha value is -1.15. The molecule has 1 aliphatic heterocycles. The summed E-state index contributed by atoms with van der Waals surface area (Å²) in [5.74, 6) is -0.0669. The summed E-state index contributed by atoms with van der Waals surface area (Å²) in [5.41, 5.74) is 0.972. The Morgan fingerprint density at radius 3 is 2.65 bits per heavy atom. The normalized spacial score (nSPS) is 19.1. The quantitative estimate of drug-likeness (QED) is 0.798. The van der Waals surface area contributed by atoms with Gasteiger partial charge < -0.3 is 9.64 Å². The molecule has 0 N–H and O–H groups in total. The predicted octanol–water partition coefficient (Wildman–Crippen LogP) is 1.52. The van der Waals surface area contributed by atoms with Crippen LogP contribution in [0, 0.1) is 0 Å². The lowest BCUT2D eigenvalue weighted by atomic mass is 10.1. The number of nitrogens with zero attached hydrogens (tertiary/aromatic N) is 2. The topological polar surface area (TPSA) is 66.9 Å². The Labute approximate surface area is 142 Å². The van der Waals surface area contributed by atoms with Crippen molar-refractivity contribution in [3.05, 3.63) is 34.9 Å². The first-order valence-electron chi connectivity index (χ1n) is 7.33. The van der Waals surface area contributed by atoms with Crippen LogP contribution in [-0.2, 0) is 19.6 Å². The molecule has 0 aliphatic carbocycles. The zero-order chi connectivity index (χ0) is 17.0. The fourth-order valence-corrected chi connectivity index (χ4v) is 2.88. The zero-order valence-corrected chi connectivity index (χ0v) is 14.8. The van der Waals surface area contributed by atoms with Crippen molar-refractivity contribution in [3.8, 4) is 0 Å². The van der Waals surface area contributed by atoms with Gasteiger partial charge in [-0.05, 0) is 17.7 Å². The number of benzene rings is 1. The molecule has 23 heavy (non-hydrogen) atoms. The van der Waals surface area contributed by atoms with Crippen LogP contribution >= 0.6 is 11.6 Å². The van der Waals surface area contributed by atoms with E-state index in [4.69, 9.17) is 16.3 Å². The molecule has 1 aromatic carbocycles. The number of sulfonamides is 1. The van der Waals surface area contributed by atoms with Crippen LogP contribution in [0.4, 0.5) is 0 Å². The monoisotopic (exact) mass is 360 g/mol. The lowest BCUT2D eigenvalue weighted by molar-refractivity contribution is -0.139. The fourth-order valence-electron chi connectivity index (χ4n) is 2.33. The summed E-state index contributed by atoms with van der Waals surface area (Å²) in [4.78, 5) is 14.0. The summed E-state index contributed by atoms with van der Waals surface area (Å²) in [7, 11) is -1.79. The summed E-state index contributed by atoms with van der Waals surface area (Å²) in [6.07, 6.45) is 1.11. The van der Waals surface area contributed by atoms with Crippen LogP contribution in [0.5, 0.6) is 0 Å². The summed E-state index contributed by atoms with van der Waals surface area (Å²) < 4.78 is 29.6. The van der Waals surface area contributed by atoms with Gasteiger partial charge in [-0.15, -0.1) is 0 Å². The standard InChI is InChI=1S/C15H21ClN2O4S/c1-17(23(2,20)21)8-7-15(19)18-9-10-22-14(11-18)12-3-5-13(16)6-4-12/h3-6,14H,7-11H2,1-2H3. The minimum Gasteiger partial charge on any atom is -0.370 e. The summed E-state index contributed by atoms with van der Waals surface area (Å²) >= 11 is 5.88. The van der Waals surface area contributed by atoms with Gasteiger partial charge in [-0.1, -0.05) is 23.7 Å². The molecule has 0 radical (unpaired) electrons. The van der Waals surface area contributed by atoms with E-state index in [2.05, 4.69) is 0 Å². The Morgan fingerprint density at radius 2 is 2.04 bits per heavy atom. The molecule has 1 amide bonds. The van der Waals surface area contributed by atoms with Gasteiger partial charge in [0.05, 0.1) is 19.4 Å². The SMILES string of the molecule is CN(CCC(=O)N1CCOC(c2ccc(Cl)cc2)C1)S(C)(=O)=O. The molecule has 0 bridgehead atoms. The molecule has 1 aliphatic rings. The van der Waals surface area contributed by atoms with E-state index in [0.29, 0.717) is 24.7 Å². The molecule has 1 aromatic rings. The molecule has 0 saturated carbocycles. The van der Waals surface area contributed by atoms with Crippen molar-refractivity contribution >= 4 is 27.5 Å². The molecular weight excluding hydrogens is 340 g/mol. The summed E-state index contributed by atoms with van der Waals surface area (Å²) in [5, 5.41) is 0.654. The van der Waals surface area contributed by atoms with Crippen LogP contribution in [0.15, 0.2) is 24.3 Å². The number of rotatable bonds is 5. The average molecular weight is 361 g/mol. The Bertz CT molecular complexity index is 648. The van der Waals surface area contributed by atoms with Crippen LogP contribution in [0.1, 0.15) is 18.1 Å². The van der Waals surface area contributed by atoms with Gasteiger partial charge in [0.25, 0.3) is 0 Å². The van der Waals surface area contributed by atoms with Gasteiger partial charge in [-0.3, -0.25) is 4.79 Å². The van der Waals surface area contributed by atoms with Crippen molar-refractivity contribution in [2.24, 2.45) is 0 Å². The van der Waals surface area contributed by atoms with Crippen LogP contribution in [0.3, 0.4) is 0 Å². The van der Waals surface area contributed by atoms with Crippen molar-refractivity contribution in [2.45, 2.75) is 12.5 Å². The molecule has 0 spiro atoms. The highest BCUT2D eigenvalue weighted by Gasteiger charge is 2.25. The van der Waals surface area contributed by atoms with Crippen molar-refractivity contribution in [1.82, 2.24) is 9.21 Å². The van der Waals surface area contributed by atoms with E-state index in [1.165, 1.54) is 11.4 Å². The van der Waals surface area contributed by atoms with Crippen molar-refractivity contribution in [1.29, 1.82) is 0 Å². The first kappa shape index (κ1) is 18.2. The molecule has 1 heterocycles. The third kappa shape index (κ3) is 5.17. The number of morpholine rings is 1. The number of hydrogen-bond donors (Lipinski definition) is 0. The molecule has 128 valence electrons. The number of amides is 1. The van der Waals surface area contributed by atoms with Crippen molar-refractivity contribution < 1.29 is 17.9 Å². The molecule has 8 heteroatoms. The Morgan fingerprint density at radius 1 is 1.39 bits per heavy atom. The van der Waals surface area contributed by atoms with Crippen LogP contribution < -0.4 is 0 Å².